The molecule has 1 aromatic heterocycles. The Labute approximate surface area is 187 Å². The van der Waals surface area contributed by atoms with E-state index in [-0.39, 0.29) is 12.5 Å². The van der Waals surface area contributed by atoms with Gasteiger partial charge >= 0.3 is 6.18 Å². The first-order chi connectivity index (χ1) is 15.2. The first kappa shape index (κ1) is 23.4. The van der Waals surface area contributed by atoms with Crippen molar-refractivity contribution in [3.05, 3.63) is 58.1 Å². The van der Waals surface area contributed by atoms with Crippen LogP contribution in [0, 0.1) is 6.92 Å². The van der Waals surface area contributed by atoms with Gasteiger partial charge in [0, 0.05) is 12.1 Å². The number of nitrogens with zero attached hydrogens (tertiary/aromatic N) is 1. The van der Waals surface area contributed by atoms with Crippen molar-refractivity contribution in [3.8, 4) is 27.8 Å². The minimum atomic E-state index is -4.41. The van der Waals surface area contributed by atoms with E-state index in [0.717, 1.165) is 29.0 Å². The van der Waals surface area contributed by atoms with Gasteiger partial charge in [-0.2, -0.15) is 13.2 Å². The number of hydrogen-bond donors (Lipinski definition) is 1. The topological polar surface area (TPSA) is 69.7 Å². The molecule has 2 aromatic carbocycles. The number of carbonyl (C=O) groups excluding carboxylic acids is 1. The number of carbonyl (C=O) groups is 1. The van der Waals surface area contributed by atoms with Gasteiger partial charge in [-0.05, 0) is 36.8 Å². The monoisotopic (exact) mass is 466 g/mol. The molecule has 0 radical (unpaired) electrons. The summed E-state index contributed by atoms with van der Waals surface area (Å²) in [7, 11) is 4.51. The molecule has 0 saturated heterocycles. The van der Waals surface area contributed by atoms with Crippen LogP contribution in [0.4, 0.5) is 13.2 Å². The van der Waals surface area contributed by atoms with Crippen molar-refractivity contribution in [2.75, 3.05) is 21.3 Å². The summed E-state index contributed by atoms with van der Waals surface area (Å²) < 4.78 is 54.2. The molecule has 0 atom stereocenters. The van der Waals surface area contributed by atoms with Crippen molar-refractivity contribution < 1.29 is 32.2 Å². The predicted octanol–water partition coefficient (Wildman–Crippen LogP) is 5.09. The van der Waals surface area contributed by atoms with E-state index >= 15 is 0 Å². The lowest BCUT2D eigenvalue weighted by Crippen LogP contribution is -2.22. The second kappa shape index (κ2) is 9.47. The van der Waals surface area contributed by atoms with E-state index in [4.69, 9.17) is 14.2 Å². The van der Waals surface area contributed by atoms with Gasteiger partial charge in [0.25, 0.3) is 5.91 Å². The van der Waals surface area contributed by atoms with Crippen molar-refractivity contribution in [1.82, 2.24) is 10.3 Å². The number of thiazole rings is 1. The van der Waals surface area contributed by atoms with Gasteiger partial charge in [-0.3, -0.25) is 4.79 Å². The van der Waals surface area contributed by atoms with Crippen LogP contribution in [0.2, 0.25) is 0 Å². The van der Waals surface area contributed by atoms with E-state index in [1.807, 2.05) is 0 Å². The van der Waals surface area contributed by atoms with Gasteiger partial charge < -0.3 is 19.5 Å². The van der Waals surface area contributed by atoms with Crippen molar-refractivity contribution in [1.29, 1.82) is 0 Å². The summed E-state index contributed by atoms with van der Waals surface area (Å²) in [6, 6.07) is 8.15. The third kappa shape index (κ3) is 4.96. The maximum absolute atomic E-state index is 12.8. The standard InChI is InChI=1S/C22H21F3N2O4S/c1-12-19(32-21(27-12)14-5-7-15(8-6-14)22(23,24)25)20(28)26-11-13-9-16(29-2)18(31-4)17(10-13)30-3/h5-10H,11H2,1-4H3,(H,26,28). The van der Waals surface area contributed by atoms with Crippen molar-refractivity contribution >= 4 is 17.2 Å². The predicted molar refractivity (Wildman–Crippen MR) is 115 cm³/mol. The normalized spacial score (nSPS) is 11.2. The lowest BCUT2D eigenvalue weighted by Gasteiger charge is -2.14. The molecule has 1 amide bonds. The zero-order valence-electron chi connectivity index (χ0n) is 17.8. The van der Waals surface area contributed by atoms with Crippen LogP contribution in [0.1, 0.15) is 26.5 Å². The van der Waals surface area contributed by atoms with E-state index in [1.54, 1.807) is 19.1 Å². The largest absolute Gasteiger partial charge is 0.493 e. The number of methoxy groups -OCH3 is 3. The molecule has 3 rings (SSSR count). The summed E-state index contributed by atoms with van der Waals surface area (Å²) in [5, 5.41) is 3.29. The van der Waals surface area contributed by atoms with Gasteiger partial charge in [-0.1, -0.05) is 12.1 Å². The van der Waals surface area contributed by atoms with E-state index in [0.29, 0.717) is 38.4 Å². The summed E-state index contributed by atoms with van der Waals surface area (Å²) in [4.78, 5) is 17.5. The maximum atomic E-state index is 12.8. The Hall–Kier alpha value is -3.27. The second-order valence-corrected chi connectivity index (χ2v) is 7.72. The Balaban J connectivity index is 1.76. The summed E-state index contributed by atoms with van der Waals surface area (Å²) >= 11 is 1.12. The number of ether oxygens (including phenoxy) is 3. The molecule has 1 heterocycles. The average molecular weight is 466 g/mol. The molecular formula is C22H21F3N2O4S. The van der Waals surface area contributed by atoms with Crippen molar-refractivity contribution in [2.24, 2.45) is 0 Å². The van der Waals surface area contributed by atoms with Gasteiger partial charge in [0.15, 0.2) is 11.5 Å². The van der Waals surface area contributed by atoms with Gasteiger partial charge in [-0.15, -0.1) is 11.3 Å². The van der Waals surface area contributed by atoms with Gasteiger partial charge in [-0.25, -0.2) is 4.98 Å². The lowest BCUT2D eigenvalue weighted by atomic mass is 10.1. The molecular weight excluding hydrogens is 445 g/mol. The molecule has 10 heteroatoms. The van der Waals surface area contributed by atoms with Crippen LogP contribution < -0.4 is 19.5 Å². The summed E-state index contributed by atoms with van der Waals surface area (Å²) in [5.74, 6) is 1.04. The summed E-state index contributed by atoms with van der Waals surface area (Å²) in [6.45, 7) is 1.88. The quantitative estimate of drug-likeness (QED) is 0.525. The number of alkyl halides is 3. The zero-order valence-corrected chi connectivity index (χ0v) is 18.6. The Morgan fingerprint density at radius 3 is 2.12 bits per heavy atom. The highest BCUT2D eigenvalue weighted by molar-refractivity contribution is 7.17. The van der Waals surface area contributed by atoms with Crippen molar-refractivity contribution in [3.63, 3.8) is 0 Å². The highest BCUT2D eigenvalue weighted by Gasteiger charge is 2.30. The Morgan fingerprint density at radius 2 is 1.62 bits per heavy atom. The Kier molecular flexibility index (Phi) is 6.93. The van der Waals surface area contributed by atoms with Crippen LogP contribution in [0.15, 0.2) is 36.4 Å². The van der Waals surface area contributed by atoms with Crippen LogP contribution in [0.25, 0.3) is 10.6 Å². The maximum Gasteiger partial charge on any atom is 0.416 e. The van der Waals surface area contributed by atoms with E-state index in [1.165, 1.54) is 33.5 Å². The van der Waals surface area contributed by atoms with Crippen LogP contribution in [0.5, 0.6) is 17.2 Å². The summed E-state index contributed by atoms with van der Waals surface area (Å²) in [6.07, 6.45) is -4.41. The molecule has 0 unspecified atom stereocenters. The number of benzene rings is 2. The molecule has 0 fully saturated rings. The smallest absolute Gasteiger partial charge is 0.416 e. The molecule has 0 bridgehead atoms. The Bertz CT molecular complexity index is 1090. The number of halogens is 3. The molecule has 0 aliphatic heterocycles. The van der Waals surface area contributed by atoms with Crippen LogP contribution in [-0.4, -0.2) is 32.2 Å². The molecule has 6 nitrogen and oxygen atoms in total. The number of amides is 1. The van der Waals surface area contributed by atoms with Crippen LogP contribution in [0.3, 0.4) is 0 Å². The number of aromatic nitrogens is 1. The van der Waals surface area contributed by atoms with Crippen LogP contribution in [-0.2, 0) is 12.7 Å². The molecule has 3 aromatic rings. The highest BCUT2D eigenvalue weighted by atomic mass is 32.1. The molecule has 1 N–H and O–H groups in total. The third-order valence-electron chi connectivity index (χ3n) is 4.64. The van der Waals surface area contributed by atoms with Gasteiger partial charge in [0.05, 0.1) is 32.6 Å². The molecule has 0 saturated carbocycles. The third-order valence-corrected chi connectivity index (χ3v) is 5.84. The fraction of sp³-hybridized carbons (Fsp3) is 0.273. The minimum absolute atomic E-state index is 0.197. The number of hydrogen-bond acceptors (Lipinski definition) is 6. The minimum Gasteiger partial charge on any atom is -0.493 e. The van der Waals surface area contributed by atoms with Crippen LogP contribution >= 0.6 is 11.3 Å². The number of nitrogens with one attached hydrogen (secondary N) is 1. The van der Waals surface area contributed by atoms with Gasteiger partial charge in [0.2, 0.25) is 5.75 Å². The SMILES string of the molecule is COc1cc(CNC(=O)c2sc(-c3ccc(C(F)(F)F)cc3)nc2C)cc(OC)c1OC. The number of rotatable bonds is 7. The highest BCUT2D eigenvalue weighted by Crippen LogP contribution is 2.38. The molecule has 32 heavy (non-hydrogen) atoms. The molecule has 0 aliphatic rings. The second-order valence-electron chi connectivity index (χ2n) is 6.72. The first-order valence-corrected chi connectivity index (χ1v) is 10.2. The molecule has 170 valence electrons. The molecule has 0 spiro atoms. The van der Waals surface area contributed by atoms with E-state index in [9.17, 15) is 18.0 Å². The van der Waals surface area contributed by atoms with Gasteiger partial charge in [0.1, 0.15) is 9.88 Å². The summed E-state index contributed by atoms with van der Waals surface area (Å²) in [5.41, 5.74) is 0.998. The van der Waals surface area contributed by atoms with E-state index < -0.39 is 11.7 Å². The molecule has 0 aliphatic carbocycles. The number of aryl methyl sites for hydroxylation is 1. The zero-order chi connectivity index (χ0) is 23.5. The van der Waals surface area contributed by atoms with Crippen molar-refractivity contribution in [2.45, 2.75) is 19.6 Å². The average Bonchev–Trinajstić information content (AvgIpc) is 3.17. The fourth-order valence-electron chi connectivity index (χ4n) is 3.03. The lowest BCUT2D eigenvalue weighted by molar-refractivity contribution is -0.137. The Morgan fingerprint density at radius 1 is 1.03 bits per heavy atom. The first-order valence-electron chi connectivity index (χ1n) is 9.40. The fourth-order valence-corrected chi connectivity index (χ4v) is 4.02. The van der Waals surface area contributed by atoms with E-state index in [2.05, 4.69) is 10.3 Å².